The topological polar surface area (TPSA) is 111 Å². The Kier molecular flexibility index (Phi) is 6.25. The largest absolute Gasteiger partial charge is 0.462 e. The lowest BCUT2D eigenvalue weighted by Gasteiger charge is -2.09. The van der Waals surface area contributed by atoms with Crippen LogP contribution in [0.4, 0.5) is 10.1 Å². The minimum absolute atomic E-state index is 0.0468. The van der Waals surface area contributed by atoms with Gasteiger partial charge >= 0.3 is 5.97 Å². The Balaban J connectivity index is 1.59. The quantitative estimate of drug-likeness (QED) is 0.369. The van der Waals surface area contributed by atoms with Crippen LogP contribution in [-0.4, -0.2) is 31.1 Å². The molecule has 0 aliphatic heterocycles. The molecule has 0 aliphatic rings. The van der Waals surface area contributed by atoms with E-state index in [-0.39, 0.29) is 40.3 Å². The first-order valence-electron chi connectivity index (χ1n) is 9.77. The van der Waals surface area contributed by atoms with E-state index in [1.165, 1.54) is 59.9 Å². The van der Waals surface area contributed by atoms with E-state index in [1.807, 2.05) is 0 Å². The fourth-order valence-corrected chi connectivity index (χ4v) is 5.58. The number of carbonyl (C=O) groups is 1. The molecule has 2 aromatic heterocycles. The molecule has 0 atom stereocenters. The average Bonchev–Trinajstić information content (AvgIpc) is 3.42. The smallest absolute Gasteiger partial charge is 0.338 e. The Bertz CT molecular complexity index is 1410. The molecule has 4 rings (SSSR count). The summed E-state index contributed by atoms with van der Waals surface area (Å²) in [4.78, 5) is 17.2. The van der Waals surface area contributed by atoms with Crippen molar-refractivity contribution in [2.45, 2.75) is 18.7 Å². The molecule has 8 nitrogen and oxygen atoms in total. The molecule has 2 aromatic carbocycles. The summed E-state index contributed by atoms with van der Waals surface area (Å²) >= 11 is 1.18. The predicted molar refractivity (Wildman–Crippen MR) is 121 cm³/mol. The van der Waals surface area contributed by atoms with Crippen molar-refractivity contribution >= 4 is 33.0 Å². The van der Waals surface area contributed by atoms with Gasteiger partial charge in [-0.05, 0) is 62.4 Å². The monoisotopic (exact) mass is 487 g/mol. The molecule has 0 saturated heterocycles. The van der Waals surface area contributed by atoms with Crippen molar-refractivity contribution in [3.05, 3.63) is 70.9 Å². The van der Waals surface area contributed by atoms with Gasteiger partial charge in [-0.1, -0.05) is 11.2 Å². The molecule has 2 heterocycles. The molecule has 0 saturated carbocycles. The molecule has 170 valence electrons. The second kappa shape index (κ2) is 9.12. The summed E-state index contributed by atoms with van der Waals surface area (Å²) in [6.45, 7) is 3.56. The minimum atomic E-state index is -3.96. The highest BCUT2D eigenvalue weighted by Crippen LogP contribution is 2.34. The van der Waals surface area contributed by atoms with Gasteiger partial charge in [0, 0.05) is 16.1 Å². The first-order valence-corrected chi connectivity index (χ1v) is 12.1. The number of nitrogens with zero attached hydrogens (tertiary/aromatic N) is 2. The number of thiophene rings is 1. The highest BCUT2D eigenvalue weighted by molar-refractivity contribution is 7.93. The number of sulfonamides is 1. The van der Waals surface area contributed by atoms with Crippen LogP contribution in [0.3, 0.4) is 0 Å². The summed E-state index contributed by atoms with van der Waals surface area (Å²) in [5.41, 5.74) is 1.03. The number of carbonyl (C=O) groups excluding carboxylic acids is 1. The van der Waals surface area contributed by atoms with E-state index in [2.05, 4.69) is 14.9 Å². The third kappa shape index (κ3) is 4.94. The van der Waals surface area contributed by atoms with Crippen molar-refractivity contribution in [3.63, 3.8) is 0 Å². The van der Waals surface area contributed by atoms with Crippen LogP contribution in [0.1, 0.15) is 22.2 Å². The zero-order valence-corrected chi connectivity index (χ0v) is 19.2. The standard InChI is InChI=1S/C22H18FN3O5S2/c1-3-30-22(27)15-5-4-6-17(11-15)26-33(28,29)19-12-18(32-13(19)2)21-24-20(25-31-21)14-7-9-16(23)10-8-14/h4-12,26H,3H2,1-2H3. The van der Waals surface area contributed by atoms with E-state index in [0.29, 0.717) is 15.3 Å². The molecule has 4 aromatic rings. The number of aryl methyl sites for hydroxylation is 1. The third-order valence-corrected chi connectivity index (χ3v) is 7.20. The highest BCUT2D eigenvalue weighted by Gasteiger charge is 2.23. The van der Waals surface area contributed by atoms with Crippen molar-refractivity contribution in [1.29, 1.82) is 0 Å². The minimum Gasteiger partial charge on any atom is -0.462 e. The van der Waals surface area contributed by atoms with Gasteiger partial charge in [-0.3, -0.25) is 4.72 Å². The van der Waals surface area contributed by atoms with Crippen LogP contribution in [0.2, 0.25) is 0 Å². The number of nitrogens with one attached hydrogen (secondary N) is 1. The number of anilines is 1. The van der Waals surface area contributed by atoms with Gasteiger partial charge in [0.05, 0.1) is 17.0 Å². The van der Waals surface area contributed by atoms with Crippen molar-refractivity contribution in [3.8, 4) is 22.2 Å². The van der Waals surface area contributed by atoms with Crippen LogP contribution < -0.4 is 4.72 Å². The lowest BCUT2D eigenvalue weighted by molar-refractivity contribution is 0.0526. The molecule has 33 heavy (non-hydrogen) atoms. The highest BCUT2D eigenvalue weighted by atomic mass is 32.2. The Hall–Kier alpha value is -3.57. The molecule has 11 heteroatoms. The molecular weight excluding hydrogens is 469 g/mol. The lowest BCUT2D eigenvalue weighted by atomic mass is 10.2. The van der Waals surface area contributed by atoms with Gasteiger partial charge in [-0.25, -0.2) is 17.6 Å². The maximum absolute atomic E-state index is 13.1. The van der Waals surface area contributed by atoms with Crippen LogP contribution in [0.5, 0.6) is 0 Å². The molecule has 0 radical (unpaired) electrons. The number of esters is 1. The number of aromatic nitrogens is 2. The van der Waals surface area contributed by atoms with E-state index in [4.69, 9.17) is 9.26 Å². The van der Waals surface area contributed by atoms with Crippen LogP contribution in [0.15, 0.2) is 64.0 Å². The van der Waals surface area contributed by atoms with Gasteiger partial charge in [0.25, 0.3) is 15.9 Å². The second-order valence-corrected chi connectivity index (χ2v) is 9.78. The van der Waals surface area contributed by atoms with Gasteiger partial charge in [0.15, 0.2) is 0 Å². The summed E-state index contributed by atoms with van der Waals surface area (Å²) in [6, 6.07) is 13.1. The third-order valence-electron chi connectivity index (χ3n) is 4.53. The van der Waals surface area contributed by atoms with E-state index in [0.717, 1.165) is 0 Å². The number of halogens is 1. The van der Waals surface area contributed by atoms with Crippen molar-refractivity contribution < 1.29 is 26.9 Å². The first kappa shape index (κ1) is 22.6. The van der Waals surface area contributed by atoms with Crippen molar-refractivity contribution in [2.75, 3.05) is 11.3 Å². The second-order valence-electron chi connectivity index (χ2n) is 6.87. The Morgan fingerprint density at radius 2 is 1.94 bits per heavy atom. The Labute approximate surface area is 193 Å². The summed E-state index contributed by atoms with van der Waals surface area (Å²) in [7, 11) is -3.96. The molecule has 1 N–H and O–H groups in total. The molecule has 0 aliphatic carbocycles. The molecule has 0 amide bonds. The number of ether oxygens (including phenoxy) is 1. The summed E-state index contributed by atoms with van der Waals surface area (Å²) < 4.78 is 51.9. The number of benzene rings is 2. The van der Waals surface area contributed by atoms with E-state index < -0.39 is 16.0 Å². The summed E-state index contributed by atoms with van der Waals surface area (Å²) in [6.07, 6.45) is 0. The lowest BCUT2D eigenvalue weighted by Crippen LogP contribution is -2.14. The SMILES string of the molecule is CCOC(=O)c1cccc(NS(=O)(=O)c2cc(-c3nc(-c4ccc(F)cc4)no3)sc2C)c1. The zero-order valence-electron chi connectivity index (χ0n) is 17.5. The maximum Gasteiger partial charge on any atom is 0.338 e. The van der Waals surface area contributed by atoms with Crippen LogP contribution in [0, 0.1) is 12.7 Å². The molecular formula is C22H18FN3O5S2. The number of hydrogen-bond donors (Lipinski definition) is 1. The van der Waals surface area contributed by atoms with Crippen LogP contribution in [0.25, 0.3) is 22.2 Å². The first-order chi connectivity index (χ1) is 15.8. The summed E-state index contributed by atoms with van der Waals surface area (Å²) in [5.74, 6) is -0.519. The van der Waals surface area contributed by atoms with Crippen molar-refractivity contribution in [1.82, 2.24) is 10.1 Å². The average molecular weight is 488 g/mol. The van der Waals surface area contributed by atoms with Crippen molar-refractivity contribution in [2.24, 2.45) is 0 Å². The summed E-state index contributed by atoms with van der Waals surface area (Å²) in [5, 5.41) is 3.89. The zero-order chi connectivity index (χ0) is 23.6. The van der Waals surface area contributed by atoms with Gasteiger partial charge in [-0.15, -0.1) is 11.3 Å². The maximum atomic E-state index is 13.1. The number of hydrogen-bond acceptors (Lipinski definition) is 8. The van der Waals surface area contributed by atoms with Crippen LogP contribution in [-0.2, 0) is 14.8 Å². The normalized spacial score (nSPS) is 11.4. The fraction of sp³-hybridized carbons (Fsp3) is 0.136. The predicted octanol–water partition coefficient (Wildman–Crippen LogP) is 4.89. The van der Waals surface area contributed by atoms with Gasteiger partial charge in [0.2, 0.25) is 5.82 Å². The van der Waals surface area contributed by atoms with Gasteiger partial charge in [-0.2, -0.15) is 4.98 Å². The molecule has 0 spiro atoms. The molecule has 0 unspecified atom stereocenters. The molecule has 0 fully saturated rings. The van der Waals surface area contributed by atoms with Gasteiger partial charge in [0.1, 0.15) is 10.7 Å². The van der Waals surface area contributed by atoms with E-state index in [9.17, 15) is 17.6 Å². The number of rotatable bonds is 7. The van der Waals surface area contributed by atoms with E-state index >= 15 is 0 Å². The van der Waals surface area contributed by atoms with E-state index in [1.54, 1.807) is 19.9 Å². The Morgan fingerprint density at radius 1 is 1.18 bits per heavy atom. The fourth-order valence-electron chi connectivity index (χ4n) is 3.01. The van der Waals surface area contributed by atoms with Crippen LogP contribution >= 0.6 is 11.3 Å². The molecule has 0 bridgehead atoms. The van der Waals surface area contributed by atoms with Gasteiger partial charge < -0.3 is 9.26 Å². The Morgan fingerprint density at radius 3 is 2.67 bits per heavy atom.